The number of esters is 1. The molecule has 8 nitrogen and oxygen atoms in total. The average molecular weight is 262 g/mol. The number of nitrogens with zero attached hydrogens (tertiary/aromatic N) is 1. The molecule has 104 valence electrons. The van der Waals surface area contributed by atoms with Gasteiger partial charge in [-0.3, -0.25) is 4.79 Å². The first kappa shape index (κ1) is 16.2. The van der Waals surface area contributed by atoms with E-state index in [0.717, 1.165) is 4.90 Å². The number of aliphatic carboxylic acids is 1. The molecule has 0 aromatic heterocycles. The van der Waals surface area contributed by atoms with Crippen molar-refractivity contribution in [2.75, 3.05) is 26.8 Å². The monoisotopic (exact) mass is 262 g/mol. The van der Waals surface area contributed by atoms with E-state index in [4.69, 9.17) is 10.2 Å². The molecule has 0 aromatic carbocycles. The third-order valence-electron chi connectivity index (χ3n) is 2.08. The third-order valence-corrected chi connectivity index (χ3v) is 2.08. The van der Waals surface area contributed by atoms with Gasteiger partial charge in [0.15, 0.2) is 6.04 Å². The van der Waals surface area contributed by atoms with Crippen LogP contribution in [0.15, 0.2) is 0 Å². The first-order valence-corrected chi connectivity index (χ1v) is 5.43. The van der Waals surface area contributed by atoms with Crippen molar-refractivity contribution in [2.24, 2.45) is 0 Å². The number of hydrogen-bond donors (Lipinski definition) is 3. The Morgan fingerprint density at radius 1 is 1.39 bits per heavy atom. The lowest BCUT2D eigenvalue weighted by Gasteiger charge is -2.20. The summed E-state index contributed by atoms with van der Waals surface area (Å²) in [4.78, 5) is 34.2. The van der Waals surface area contributed by atoms with Gasteiger partial charge in [-0.2, -0.15) is 0 Å². The molecule has 1 atom stereocenters. The van der Waals surface area contributed by atoms with Crippen molar-refractivity contribution in [1.29, 1.82) is 0 Å². The molecular formula is C10H18N2O6. The zero-order valence-electron chi connectivity index (χ0n) is 10.4. The normalized spacial score (nSPS) is 11.5. The molecular weight excluding hydrogens is 244 g/mol. The van der Waals surface area contributed by atoms with Crippen LogP contribution in [0.5, 0.6) is 0 Å². The highest BCUT2D eigenvalue weighted by Crippen LogP contribution is 1.93. The summed E-state index contributed by atoms with van der Waals surface area (Å²) in [5, 5.41) is 19.5. The molecule has 3 N–H and O–H groups in total. The second kappa shape index (κ2) is 8.29. The van der Waals surface area contributed by atoms with E-state index in [-0.39, 0.29) is 19.6 Å². The number of carboxylic acids is 1. The Kier molecular flexibility index (Phi) is 7.45. The summed E-state index contributed by atoms with van der Waals surface area (Å²) >= 11 is 0. The van der Waals surface area contributed by atoms with E-state index in [1.165, 1.54) is 7.05 Å². The molecule has 0 aliphatic heterocycles. The predicted molar refractivity (Wildman–Crippen MR) is 60.9 cm³/mol. The number of nitrogens with one attached hydrogen (secondary N) is 1. The van der Waals surface area contributed by atoms with Gasteiger partial charge in [0, 0.05) is 13.6 Å². The molecule has 0 aliphatic rings. The van der Waals surface area contributed by atoms with Gasteiger partial charge in [0.2, 0.25) is 0 Å². The predicted octanol–water partition coefficient (Wildman–Crippen LogP) is -0.973. The second-order valence-corrected chi connectivity index (χ2v) is 3.50. The van der Waals surface area contributed by atoms with Crippen molar-refractivity contribution in [3.63, 3.8) is 0 Å². The van der Waals surface area contributed by atoms with E-state index in [1.54, 1.807) is 6.92 Å². The van der Waals surface area contributed by atoms with Crippen LogP contribution in [0.4, 0.5) is 4.79 Å². The molecule has 1 unspecified atom stereocenters. The smallest absolute Gasteiger partial charge is 0.328 e. The minimum atomic E-state index is -1.36. The molecule has 0 heterocycles. The number of aliphatic hydroxyl groups is 1. The van der Waals surface area contributed by atoms with Gasteiger partial charge in [0.25, 0.3) is 0 Å². The van der Waals surface area contributed by atoms with Crippen LogP contribution in [0, 0.1) is 0 Å². The summed E-state index contributed by atoms with van der Waals surface area (Å²) in [6, 6.07) is -2.04. The minimum absolute atomic E-state index is 0.0224. The molecule has 2 amide bonds. The molecule has 0 radical (unpaired) electrons. The molecule has 0 aromatic rings. The summed E-state index contributed by atoms with van der Waals surface area (Å²) in [7, 11) is 1.41. The van der Waals surface area contributed by atoms with E-state index >= 15 is 0 Å². The average Bonchev–Trinajstić information content (AvgIpc) is 2.32. The zero-order chi connectivity index (χ0) is 14.1. The van der Waals surface area contributed by atoms with Crippen LogP contribution < -0.4 is 5.32 Å². The molecule has 0 rings (SSSR count). The first-order valence-electron chi connectivity index (χ1n) is 5.43. The summed E-state index contributed by atoms with van der Waals surface area (Å²) in [5.41, 5.74) is 0. The van der Waals surface area contributed by atoms with E-state index in [1.807, 2.05) is 0 Å². The number of urea groups is 1. The number of amides is 2. The fourth-order valence-electron chi connectivity index (χ4n) is 1.04. The van der Waals surface area contributed by atoms with E-state index in [9.17, 15) is 14.4 Å². The van der Waals surface area contributed by atoms with Gasteiger partial charge in [-0.25, -0.2) is 9.59 Å². The highest BCUT2D eigenvalue weighted by atomic mass is 16.5. The number of carbonyl (C=O) groups is 3. The van der Waals surface area contributed by atoms with Crippen LogP contribution in [0.2, 0.25) is 0 Å². The molecule has 0 bridgehead atoms. The van der Waals surface area contributed by atoms with Crippen LogP contribution in [0.3, 0.4) is 0 Å². The van der Waals surface area contributed by atoms with Gasteiger partial charge in [0.05, 0.1) is 19.6 Å². The molecule has 0 aliphatic carbocycles. The topological polar surface area (TPSA) is 116 Å². The van der Waals surface area contributed by atoms with Gasteiger partial charge in [-0.15, -0.1) is 0 Å². The highest BCUT2D eigenvalue weighted by Gasteiger charge is 2.20. The Bertz CT molecular complexity index is 307. The largest absolute Gasteiger partial charge is 0.480 e. The Hall–Kier alpha value is -1.83. The lowest BCUT2D eigenvalue weighted by molar-refractivity contribution is -0.143. The molecule has 0 spiro atoms. The van der Waals surface area contributed by atoms with Gasteiger partial charge in [-0.05, 0) is 6.92 Å². The summed E-state index contributed by atoms with van der Waals surface area (Å²) in [6.07, 6.45) is 0.0224. The standard InChI is InChI=1S/C10H18N2O6/c1-3-18-8(14)4-5-12(2)10(17)11-7(6-13)9(15)16/h7,13H,3-6H2,1-2H3,(H,11,17)(H,15,16). The zero-order valence-corrected chi connectivity index (χ0v) is 10.4. The van der Waals surface area contributed by atoms with Gasteiger partial charge < -0.3 is 25.2 Å². The van der Waals surface area contributed by atoms with Crippen molar-refractivity contribution in [3.8, 4) is 0 Å². The number of ether oxygens (including phenoxy) is 1. The Morgan fingerprint density at radius 2 is 2.00 bits per heavy atom. The fourth-order valence-corrected chi connectivity index (χ4v) is 1.04. The number of carboxylic acid groups (broad SMARTS) is 1. The van der Waals surface area contributed by atoms with E-state index in [2.05, 4.69) is 10.1 Å². The third kappa shape index (κ3) is 6.04. The summed E-state index contributed by atoms with van der Waals surface area (Å²) in [6.45, 7) is 1.34. The Morgan fingerprint density at radius 3 is 2.44 bits per heavy atom. The molecule has 8 heteroatoms. The second-order valence-electron chi connectivity index (χ2n) is 3.50. The van der Waals surface area contributed by atoms with Crippen molar-refractivity contribution >= 4 is 18.0 Å². The van der Waals surface area contributed by atoms with Gasteiger partial charge in [-0.1, -0.05) is 0 Å². The first-order chi connectivity index (χ1) is 8.42. The molecule has 18 heavy (non-hydrogen) atoms. The van der Waals surface area contributed by atoms with Crippen LogP contribution >= 0.6 is 0 Å². The lowest BCUT2D eigenvalue weighted by atomic mass is 10.3. The summed E-state index contributed by atoms with van der Waals surface area (Å²) in [5.74, 6) is -1.77. The number of hydrogen-bond acceptors (Lipinski definition) is 5. The lowest BCUT2D eigenvalue weighted by Crippen LogP contribution is -2.48. The maximum absolute atomic E-state index is 11.5. The quantitative estimate of drug-likeness (QED) is 0.508. The number of carbonyl (C=O) groups excluding carboxylic acids is 2. The number of aliphatic hydroxyl groups excluding tert-OH is 1. The maximum atomic E-state index is 11.5. The SMILES string of the molecule is CCOC(=O)CCN(C)C(=O)NC(CO)C(=O)O. The van der Waals surface area contributed by atoms with Crippen molar-refractivity contribution in [2.45, 2.75) is 19.4 Å². The summed E-state index contributed by atoms with van der Waals surface area (Å²) < 4.78 is 4.68. The molecule has 0 saturated carbocycles. The van der Waals surface area contributed by atoms with Crippen LogP contribution in [-0.2, 0) is 14.3 Å². The fraction of sp³-hybridized carbons (Fsp3) is 0.700. The minimum Gasteiger partial charge on any atom is -0.480 e. The van der Waals surface area contributed by atoms with Crippen molar-refractivity contribution < 1.29 is 29.3 Å². The van der Waals surface area contributed by atoms with Crippen LogP contribution in [-0.4, -0.2) is 65.9 Å². The maximum Gasteiger partial charge on any atom is 0.328 e. The molecule has 0 fully saturated rings. The number of rotatable bonds is 7. The van der Waals surface area contributed by atoms with Gasteiger partial charge >= 0.3 is 18.0 Å². The van der Waals surface area contributed by atoms with Crippen LogP contribution in [0.25, 0.3) is 0 Å². The van der Waals surface area contributed by atoms with Crippen LogP contribution in [0.1, 0.15) is 13.3 Å². The van der Waals surface area contributed by atoms with E-state index < -0.39 is 30.6 Å². The highest BCUT2D eigenvalue weighted by molar-refractivity contribution is 5.82. The Labute approximate surface area is 105 Å². The Balaban J connectivity index is 4.10. The molecule has 0 saturated heterocycles. The van der Waals surface area contributed by atoms with E-state index in [0.29, 0.717) is 0 Å². The van der Waals surface area contributed by atoms with Crippen molar-refractivity contribution in [1.82, 2.24) is 10.2 Å². The van der Waals surface area contributed by atoms with Gasteiger partial charge in [0.1, 0.15) is 0 Å². The van der Waals surface area contributed by atoms with Crippen molar-refractivity contribution in [3.05, 3.63) is 0 Å².